The minimum Gasteiger partial charge on any atom is -0.455 e. The zero-order chi connectivity index (χ0) is 29.1. The number of halogens is 1. The van der Waals surface area contributed by atoms with Crippen LogP contribution in [0, 0.1) is 34.5 Å². The van der Waals surface area contributed by atoms with E-state index in [9.17, 15) is 20.1 Å². The Bertz CT molecular complexity index is 1210. The summed E-state index contributed by atoms with van der Waals surface area (Å²) < 4.78 is 30.6. The minimum absolute atomic E-state index is 0. The summed E-state index contributed by atoms with van der Waals surface area (Å²) in [6.45, 7) is 1.29. The van der Waals surface area contributed by atoms with Crippen molar-refractivity contribution in [1.82, 2.24) is 4.90 Å². The van der Waals surface area contributed by atoms with E-state index in [1.165, 1.54) is 7.11 Å². The molecule has 7 bridgehead atoms. The van der Waals surface area contributed by atoms with Crippen LogP contribution in [-0.2, 0) is 23.7 Å². The van der Waals surface area contributed by atoms with E-state index in [1.54, 1.807) is 45.6 Å². The van der Waals surface area contributed by atoms with Crippen molar-refractivity contribution in [2.24, 2.45) is 34.5 Å². The second-order valence-electron chi connectivity index (χ2n) is 13.6. The smallest absolute Gasteiger partial charge is 0.338 e. The van der Waals surface area contributed by atoms with Gasteiger partial charge in [0.25, 0.3) is 0 Å². The highest BCUT2D eigenvalue weighted by Gasteiger charge is 2.90. The molecule has 1 spiro atoms. The van der Waals surface area contributed by atoms with Crippen LogP contribution in [0.3, 0.4) is 0 Å². The molecular formula is C31H44BrNO9. The van der Waals surface area contributed by atoms with Crippen molar-refractivity contribution in [3.05, 3.63) is 35.9 Å². The molecule has 10 nitrogen and oxygen atoms in total. The van der Waals surface area contributed by atoms with Crippen molar-refractivity contribution < 1.29 is 43.8 Å². The van der Waals surface area contributed by atoms with Crippen molar-refractivity contribution in [1.29, 1.82) is 0 Å². The Morgan fingerprint density at radius 1 is 1.02 bits per heavy atom. The predicted molar refractivity (Wildman–Crippen MR) is 155 cm³/mol. The Labute approximate surface area is 257 Å². The van der Waals surface area contributed by atoms with Crippen LogP contribution in [-0.4, -0.2) is 123 Å². The topological polar surface area (TPSA) is 127 Å². The lowest BCUT2D eigenvalue weighted by Crippen LogP contribution is -2.79. The van der Waals surface area contributed by atoms with E-state index >= 15 is 0 Å². The van der Waals surface area contributed by atoms with Crippen molar-refractivity contribution in [2.45, 2.75) is 67.0 Å². The molecule has 6 fully saturated rings. The van der Waals surface area contributed by atoms with Gasteiger partial charge in [-0.15, -0.1) is 17.0 Å². The number of aliphatic hydroxyl groups is 3. The number of aliphatic hydroxyl groups excluding tert-OH is 1. The number of carbonyl (C=O) groups is 1. The van der Waals surface area contributed by atoms with Gasteiger partial charge in [-0.25, -0.2) is 4.79 Å². The number of benzene rings is 1. The molecule has 5 aliphatic carbocycles. The van der Waals surface area contributed by atoms with Gasteiger partial charge >= 0.3 is 5.97 Å². The quantitative estimate of drug-likeness (QED) is 0.371. The van der Waals surface area contributed by atoms with E-state index in [0.29, 0.717) is 12.2 Å². The molecule has 1 aliphatic heterocycles. The standard InChI is InChI=1S/C31H43NO9.BrH/c1-32-14-28(15-37-2)12-11-18(38-3)30-17-13-29(35)25(41-27(34)16-9-7-6-8-10-16)19(17)31(36,24(33)26(29)40-5)20(23(30)32)21(39-4)22(28)30;/h6-10,17-26,33,35-36H,11-15H2,1-5H3;1H/t17-,18+,19-,20?,21+,22-,23?,24+,25-,26+,28+,29-,30?,31-;/m1./s1. The number of fused-ring (bicyclic) bond motifs is 2. The molecule has 6 aliphatic rings. The zero-order valence-electron chi connectivity index (χ0n) is 24.8. The van der Waals surface area contributed by atoms with Crippen molar-refractivity contribution >= 4 is 23.0 Å². The van der Waals surface area contributed by atoms with Gasteiger partial charge in [-0.3, -0.25) is 0 Å². The van der Waals surface area contributed by atoms with Crippen LogP contribution in [0.5, 0.6) is 0 Å². The highest BCUT2D eigenvalue weighted by Crippen LogP contribution is 2.80. The van der Waals surface area contributed by atoms with Crippen LogP contribution in [0.1, 0.15) is 29.6 Å². The lowest BCUT2D eigenvalue weighted by molar-refractivity contribution is -0.313. The molecule has 234 valence electrons. The number of rotatable bonds is 7. The molecule has 1 aromatic carbocycles. The third-order valence-corrected chi connectivity index (χ3v) is 12.5. The summed E-state index contributed by atoms with van der Waals surface area (Å²) in [5.74, 6) is -2.30. The molecule has 1 saturated heterocycles. The highest BCUT2D eigenvalue weighted by atomic mass is 79.9. The molecule has 0 radical (unpaired) electrons. The van der Waals surface area contributed by atoms with Gasteiger partial charge in [0.15, 0.2) is 0 Å². The van der Waals surface area contributed by atoms with Gasteiger partial charge in [0.05, 0.1) is 24.4 Å². The fourth-order valence-corrected chi connectivity index (χ4v) is 11.8. The Morgan fingerprint density at radius 2 is 1.74 bits per heavy atom. The van der Waals surface area contributed by atoms with E-state index in [-0.39, 0.29) is 52.8 Å². The lowest BCUT2D eigenvalue weighted by Gasteiger charge is -2.69. The van der Waals surface area contributed by atoms with E-state index in [4.69, 9.17) is 23.7 Å². The first-order valence-electron chi connectivity index (χ1n) is 14.8. The summed E-state index contributed by atoms with van der Waals surface area (Å²) in [6.07, 6.45) is -2.45. The monoisotopic (exact) mass is 653 g/mol. The molecule has 14 atom stereocenters. The van der Waals surface area contributed by atoms with Gasteiger partial charge in [-0.2, -0.15) is 0 Å². The Morgan fingerprint density at radius 3 is 2.36 bits per heavy atom. The number of esters is 1. The van der Waals surface area contributed by atoms with Gasteiger partial charge in [-0.1, -0.05) is 18.2 Å². The second-order valence-corrected chi connectivity index (χ2v) is 13.6. The summed E-state index contributed by atoms with van der Waals surface area (Å²) in [7, 11) is 8.65. The Hall–Kier alpha value is -1.15. The van der Waals surface area contributed by atoms with Gasteiger partial charge in [0, 0.05) is 69.6 Å². The van der Waals surface area contributed by atoms with Crippen LogP contribution in [0.15, 0.2) is 30.3 Å². The minimum atomic E-state index is -1.76. The number of likely N-dealkylation sites (tertiary alicyclic amines) is 1. The van der Waals surface area contributed by atoms with Gasteiger partial charge in [0.1, 0.15) is 29.5 Å². The van der Waals surface area contributed by atoms with Gasteiger partial charge in [-0.05, 0) is 44.4 Å². The second kappa shape index (κ2) is 10.2. The van der Waals surface area contributed by atoms with Crippen LogP contribution >= 0.6 is 17.0 Å². The highest BCUT2D eigenvalue weighted by molar-refractivity contribution is 8.93. The van der Waals surface area contributed by atoms with Gasteiger partial charge in [0.2, 0.25) is 0 Å². The van der Waals surface area contributed by atoms with Crippen LogP contribution in [0.4, 0.5) is 0 Å². The van der Waals surface area contributed by atoms with E-state index < -0.39 is 58.8 Å². The summed E-state index contributed by atoms with van der Waals surface area (Å²) in [4.78, 5) is 15.8. The average molecular weight is 655 g/mol. The Kier molecular flexibility index (Phi) is 7.48. The first kappa shape index (κ1) is 30.9. The number of hydrogen-bond donors (Lipinski definition) is 3. The summed E-state index contributed by atoms with van der Waals surface area (Å²) in [5, 5.41) is 37.6. The number of nitrogens with zero attached hydrogens (tertiary/aromatic N) is 1. The van der Waals surface area contributed by atoms with E-state index in [0.717, 1.165) is 19.4 Å². The first-order chi connectivity index (χ1) is 19.6. The van der Waals surface area contributed by atoms with Crippen LogP contribution in [0.25, 0.3) is 0 Å². The van der Waals surface area contributed by atoms with Crippen molar-refractivity contribution in [2.75, 3.05) is 48.6 Å². The van der Waals surface area contributed by atoms with Crippen LogP contribution in [0.2, 0.25) is 0 Å². The number of hydrogen-bond acceptors (Lipinski definition) is 10. The summed E-state index contributed by atoms with van der Waals surface area (Å²) in [5.41, 5.74) is -3.95. The molecule has 0 aromatic heterocycles. The number of piperidine rings is 1. The average Bonchev–Trinajstić information content (AvgIpc) is 3.36. The first-order valence-corrected chi connectivity index (χ1v) is 14.8. The molecule has 42 heavy (non-hydrogen) atoms. The SMILES string of the molecule is Br.COC[C@@]12CC[C@H](OC)C34C(C([C@H](OC)[C@@H]31)[C@]1(O)[C@@H]3[C@H]4C[C@@](O)([C@@H]3OC(=O)c3ccccc3)[C@@H](OC)[C@@H]1O)N(C)C2. The van der Waals surface area contributed by atoms with E-state index in [2.05, 4.69) is 11.9 Å². The Balaban J connectivity index is 0.00000316. The predicted octanol–water partition coefficient (Wildman–Crippen LogP) is 1.29. The van der Waals surface area contributed by atoms with Crippen LogP contribution < -0.4 is 0 Å². The molecule has 1 aromatic rings. The zero-order valence-corrected chi connectivity index (χ0v) is 26.6. The maximum atomic E-state index is 13.5. The lowest BCUT2D eigenvalue weighted by atomic mass is 9.43. The fourth-order valence-electron chi connectivity index (χ4n) is 11.8. The molecule has 3 unspecified atom stereocenters. The maximum Gasteiger partial charge on any atom is 0.338 e. The van der Waals surface area contributed by atoms with E-state index in [1.807, 2.05) is 6.07 Å². The molecule has 5 saturated carbocycles. The molecule has 0 amide bonds. The molecular weight excluding hydrogens is 610 g/mol. The normalized spacial score (nSPS) is 51.6. The van der Waals surface area contributed by atoms with Crippen molar-refractivity contribution in [3.8, 4) is 0 Å². The maximum absolute atomic E-state index is 13.5. The fraction of sp³-hybridized carbons (Fsp3) is 0.774. The summed E-state index contributed by atoms with van der Waals surface area (Å²) >= 11 is 0. The number of ether oxygens (including phenoxy) is 5. The van der Waals surface area contributed by atoms with Gasteiger partial charge < -0.3 is 43.9 Å². The molecule has 1 heterocycles. The third-order valence-electron chi connectivity index (χ3n) is 12.5. The third kappa shape index (κ3) is 3.35. The van der Waals surface area contributed by atoms with Crippen molar-refractivity contribution in [3.63, 3.8) is 0 Å². The number of methoxy groups -OCH3 is 4. The molecule has 7 rings (SSSR count). The number of carbonyl (C=O) groups excluding carboxylic acids is 1. The molecule has 11 heteroatoms. The summed E-state index contributed by atoms with van der Waals surface area (Å²) in [6, 6.07) is 8.46. The molecule has 3 N–H and O–H groups in total. The largest absolute Gasteiger partial charge is 0.455 e.